The first-order valence-electron chi connectivity index (χ1n) is 11.2. The molecule has 0 aliphatic heterocycles. The molecular weight excluding hydrogens is 400 g/mol. The second-order valence-corrected chi connectivity index (χ2v) is 7.75. The lowest BCUT2D eigenvalue weighted by molar-refractivity contribution is -0.131. The lowest BCUT2D eigenvalue weighted by Crippen LogP contribution is -2.32. The van der Waals surface area contributed by atoms with Gasteiger partial charge in [0, 0.05) is 37.8 Å². The molecule has 3 rings (SSSR count). The van der Waals surface area contributed by atoms with Crippen molar-refractivity contribution in [2.24, 2.45) is 0 Å². The van der Waals surface area contributed by atoms with Crippen molar-refractivity contribution < 1.29 is 14.3 Å². The van der Waals surface area contributed by atoms with E-state index in [1.54, 1.807) is 13.3 Å². The molecule has 1 heterocycles. The third-order valence-corrected chi connectivity index (χ3v) is 5.30. The van der Waals surface area contributed by atoms with E-state index < -0.39 is 0 Å². The standard InChI is InChI=1S/C27H32N2O3/c1-3-4-13-27(30)29(18-16-24-12-8-9-17-28-24)20-23-14-15-25(26(19-23)31-2)32-21-22-10-6-5-7-11-22/h5-12,14-15,17,19H,3-4,13,16,18,20-21H2,1-2H3. The fourth-order valence-corrected chi connectivity index (χ4v) is 3.46. The molecule has 0 aliphatic carbocycles. The lowest BCUT2D eigenvalue weighted by atomic mass is 10.1. The molecule has 32 heavy (non-hydrogen) atoms. The Morgan fingerprint density at radius 3 is 2.50 bits per heavy atom. The van der Waals surface area contributed by atoms with Gasteiger partial charge in [-0.3, -0.25) is 9.78 Å². The number of unbranched alkanes of at least 4 members (excludes halogenated alkanes) is 1. The van der Waals surface area contributed by atoms with E-state index in [2.05, 4.69) is 11.9 Å². The zero-order chi connectivity index (χ0) is 22.6. The van der Waals surface area contributed by atoms with Gasteiger partial charge in [-0.2, -0.15) is 0 Å². The van der Waals surface area contributed by atoms with Crippen LogP contribution in [0.15, 0.2) is 72.9 Å². The molecule has 0 unspecified atom stereocenters. The van der Waals surface area contributed by atoms with Crippen LogP contribution < -0.4 is 9.47 Å². The second-order valence-electron chi connectivity index (χ2n) is 7.75. The van der Waals surface area contributed by atoms with Gasteiger partial charge >= 0.3 is 0 Å². The summed E-state index contributed by atoms with van der Waals surface area (Å²) in [7, 11) is 1.64. The minimum atomic E-state index is 0.172. The summed E-state index contributed by atoms with van der Waals surface area (Å²) in [6, 6.07) is 21.8. The highest BCUT2D eigenvalue weighted by atomic mass is 16.5. The molecule has 168 valence electrons. The average Bonchev–Trinajstić information content (AvgIpc) is 2.85. The molecule has 0 N–H and O–H groups in total. The number of amides is 1. The van der Waals surface area contributed by atoms with Crippen LogP contribution in [0.2, 0.25) is 0 Å². The van der Waals surface area contributed by atoms with Gasteiger partial charge in [0.1, 0.15) is 6.61 Å². The summed E-state index contributed by atoms with van der Waals surface area (Å²) in [6.45, 7) is 3.74. The molecule has 1 aromatic heterocycles. The van der Waals surface area contributed by atoms with Crippen LogP contribution in [0.5, 0.6) is 11.5 Å². The maximum Gasteiger partial charge on any atom is 0.222 e. The van der Waals surface area contributed by atoms with Crippen LogP contribution in [0.3, 0.4) is 0 Å². The Kier molecular flexibility index (Phi) is 9.11. The van der Waals surface area contributed by atoms with E-state index >= 15 is 0 Å². The van der Waals surface area contributed by atoms with Gasteiger partial charge in [0.2, 0.25) is 5.91 Å². The molecule has 1 amide bonds. The van der Waals surface area contributed by atoms with E-state index in [9.17, 15) is 4.79 Å². The lowest BCUT2D eigenvalue weighted by Gasteiger charge is -2.23. The SMILES string of the molecule is CCCCC(=O)N(CCc1ccccn1)Cc1ccc(OCc2ccccc2)c(OC)c1. The van der Waals surface area contributed by atoms with E-state index in [4.69, 9.17) is 9.47 Å². The fourth-order valence-electron chi connectivity index (χ4n) is 3.46. The highest BCUT2D eigenvalue weighted by Gasteiger charge is 2.15. The van der Waals surface area contributed by atoms with Gasteiger partial charge < -0.3 is 14.4 Å². The summed E-state index contributed by atoms with van der Waals surface area (Å²) in [5, 5.41) is 0. The summed E-state index contributed by atoms with van der Waals surface area (Å²) >= 11 is 0. The molecule has 0 aliphatic rings. The number of ether oxygens (including phenoxy) is 2. The van der Waals surface area contributed by atoms with Crippen LogP contribution in [0, 0.1) is 0 Å². The molecule has 5 heteroatoms. The number of carbonyl (C=O) groups is 1. The predicted molar refractivity (Wildman–Crippen MR) is 127 cm³/mol. The van der Waals surface area contributed by atoms with Crippen molar-refractivity contribution in [1.29, 1.82) is 0 Å². The van der Waals surface area contributed by atoms with Gasteiger partial charge in [0.05, 0.1) is 7.11 Å². The van der Waals surface area contributed by atoms with Crippen LogP contribution in [0.4, 0.5) is 0 Å². The Hall–Kier alpha value is -3.34. The monoisotopic (exact) mass is 432 g/mol. The summed E-state index contributed by atoms with van der Waals surface area (Å²) in [5.74, 6) is 1.53. The van der Waals surface area contributed by atoms with E-state index in [1.165, 1.54) is 0 Å². The Labute approximate surface area is 191 Å². The Bertz CT molecular complexity index is 961. The largest absolute Gasteiger partial charge is 0.493 e. The van der Waals surface area contributed by atoms with Gasteiger partial charge in [-0.25, -0.2) is 0 Å². The van der Waals surface area contributed by atoms with Crippen LogP contribution in [0.25, 0.3) is 0 Å². The first-order valence-corrected chi connectivity index (χ1v) is 11.2. The number of methoxy groups -OCH3 is 1. The highest BCUT2D eigenvalue weighted by Crippen LogP contribution is 2.29. The number of hydrogen-bond donors (Lipinski definition) is 0. The summed E-state index contributed by atoms with van der Waals surface area (Å²) < 4.78 is 11.5. The minimum absolute atomic E-state index is 0.172. The third kappa shape index (κ3) is 7.12. The van der Waals surface area contributed by atoms with Crippen LogP contribution in [-0.4, -0.2) is 29.4 Å². The first-order chi connectivity index (χ1) is 15.7. The highest BCUT2D eigenvalue weighted by molar-refractivity contribution is 5.76. The first kappa shape index (κ1) is 23.3. The van der Waals surface area contributed by atoms with Crippen LogP contribution in [0.1, 0.15) is 43.0 Å². The molecule has 0 saturated carbocycles. The number of rotatable bonds is 12. The molecular formula is C27H32N2O3. The number of hydrogen-bond acceptors (Lipinski definition) is 4. The summed E-state index contributed by atoms with van der Waals surface area (Å²) in [4.78, 5) is 19.2. The maximum absolute atomic E-state index is 12.9. The third-order valence-electron chi connectivity index (χ3n) is 5.30. The van der Waals surface area contributed by atoms with Gasteiger partial charge in [-0.05, 0) is 41.8 Å². The van der Waals surface area contributed by atoms with Gasteiger partial charge in [0.25, 0.3) is 0 Å². The van der Waals surface area contributed by atoms with Gasteiger partial charge in [-0.15, -0.1) is 0 Å². The predicted octanol–water partition coefficient (Wildman–Crippen LogP) is 5.43. The van der Waals surface area contributed by atoms with E-state index in [-0.39, 0.29) is 5.91 Å². The normalized spacial score (nSPS) is 10.6. The smallest absolute Gasteiger partial charge is 0.222 e. The number of pyridine rings is 1. The second kappa shape index (κ2) is 12.5. The van der Waals surface area contributed by atoms with Gasteiger partial charge in [-0.1, -0.05) is 55.8 Å². The Morgan fingerprint density at radius 2 is 1.78 bits per heavy atom. The van der Waals surface area contributed by atoms with Crippen molar-refractivity contribution in [3.05, 3.63) is 89.7 Å². The molecule has 0 bridgehead atoms. The molecule has 0 spiro atoms. The van der Waals surface area contributed by atoms with Crippen molar-refractivity contribution in [3.8, 4) is 11.5 Å². The number of aromatic nitrogens is 1. The van der Waals surface area contributed by atoms with Crippen molar-refractivity contribution in [3.63, 3.8) is 0 Å². The topological polar surface area (TPSA) is 51.7 Å². The fraction of sp³-hybridized carbons (Fsp3) is 0.333. The molecule has 2 aromatic carbocycles. The average molecular weight is 433 g/mol. The van der Waals surface area contributed by atoms with Crippen molar-refractivity contribution >= 4 is 5.91 Å². The number of benzene rings is 2. The van der Waals surface area contributed by atoms with E-state index in [0.29, 0.717) is 37.6 Å². The molecule has 0 fully saturated rings. The summed E-state index contributed by atoms with van der Waals surface area (Å²) in [5.41, 5.74) is 3.10. The molecule has 3 aromatic rings. The molecule has 0 radical (unpaired) electrons. The molecule has 0 saturated heterocycles. The van der Waals surface area contributed by atoms with E-state index in [1.807, 2.05) is 71.6 Å². The Morgan fingerprint density at radius 1 is 0.969 bits per heavy atom. The molecule has 0 atom stereocenters. The van der Waals surface area contributed by atoms with Gasteiger partial charge in [0.15, 0.2) is 11.5 Å². The maximum atomic E-state index is 12.9. The van der Waals surface area contributed by atoms with Crippen LogP contribution in [-0.2, 0) is 24.4 Å². The number of nitrogens with zero attached hydrogens (tertiary/aromatic N) is 2. The zero-order valence-corrected chi connectivity index (χ0v) is 19.0. The van der Waals surface area contributed by atoms with Crippen molar-refractivity contribution in [2.75, 3.05) is 13.7 Å². The number of carbonyl (C=O) groups excluding carboxylic acids is 1. The summed E-state index contributed by atoms with van der Waals surface area (Å²) in [6.07, 6.45) is 4.98. The zero-order valence-electron chi connectivity index (χ0n) is 19.0. The minimum Gasteiger partial charge on any atom is -0.493 e. The quantitative estimate of drug-likeness (QED) is 0.383. The van der Waals surface area contributed by atoms with Crippen LogP contribution >= 0.6 is 0 Å². The molecule has 5 nitrogen and oxygen atoms in total. The van der Waals surface area contributed by atoms with Crippen molar-refractivity contribution in [2.45, 2.75) is 45.8 Å². The van der Waals surface area contributed by atoms with Crippen molar-refractivity contribution in [1.82, 2.24) is 9.88 Å². The van der Waals surface area contributed by atoms with E-state index in [0.717, 1.165) is 36.1 Å². The Balaban J connectivity index is 1.68.